The lowest BCUT2D eigenvalue weighted by Gasteiger charge is -2.12. The molecule has 8 heteroatoms. The first kappa shape index (κ1) is 18.2. The molecule has 0 spiro atoms. The van der Waals surface area contributed by atoms with Gasteiger partial charge in [-0.05, 0) is 35.9 Å². The number of hydrogen-bond donors (Lipinski definition) is 2. The zero-order valence-corrected chi connectivity index (χ0v) is 14.8. The number of fused-ring (bicyclic) bond motifs is 1. The van der Waals surface area contributed by atoms with Gasteiger partial charge in [0.2, 0.25) is 0 Å². The van der Waals surface area contributed by atoms with Gasteiger partial charge in [0, 0.05) is 5.69 Å². The molecule has 2 N–H and O–H groups in total. The van der Waals surface area contributed by atoms with Gasteiger partial charge in [0.05, 0.1) is 16.6 Å². The van der Waals surface area contributed by atoms with Crippen molar-refractivity contribution in [2.45, 2.75) is 6.18 Å². The number of aromatic hydroxyl groups is 1. The maximum absolute atomic E-state index is 12.8. The molecule has 0 saturated heterocycles. The van der Waals surface area contributed by atoms with Crippen molar-refractivity contribution in [3.63, 3.8) is 0 Å². The summed E-state index contributed by atoms with van der Waals surface area (Å²) in [4.78, 5) is 15.1. The van der Waals surface area contributed by atoms with Crippen LogP contribution >= 0.6 is 11.6 Å². The van der Waals surface area contributed by atoms with Gasteiger partial charge < -0.3 is 10.1 Å². The highest BCUT2D eigenvalue weighted by Crippen LogP contribution is 2.37. The summed E-state index contributed by atoms with van der Waals surface area (Å²) in [6, 6.07) is 14.4. The van der Waals surface area contributed by atoms with Crippen LogP contribution in [-0.4, -0.2) is 14.7 Å². The van der Waals surface area contributed by atoms with E-state index in [0.717, 1.165) is 12.1 Å². The number of aromatic amines is 1. The van der Waals surface area contributed by atoms with E-state index >= 15 is 0 Å². The molecular weight excluding hydrogens is 393 g/mol. The molecule has 0 saturated carbocycles. The van der Waals surface area contributed by atoms with Crippen molar-refractivity contribution in [1.82, 2.24) is 9.55 Å². The van der Waals surface area contributed by atoms with Crippen molar-refractivity contribution in [3.05, 3.63) is 81.7 Å². The first-order valence-corrected chi connectivity index (χ1v) is 8.54. The average molecular weight is 405 g/mol. The third kappa shape index (κ3) is 2.93. The largest absolute Gasteiger partial charge is 0.505 e. The molecule has 2 aromatic heterocycles. The number of benzene rings is 2. The second-order valence-corrected chi connectivity index (χ2v) is 6.54. The first-order chi connectivity index (χ1) is 13.3. The maximum atomic E-state index is 12.8. The zero-order chi connectivity index (χ0) is 20.1. The Hall–Kier alpha value is -3.19. The highest BCUT2D eigenvalue weighted by atomic mass is 35.5. The normalized spacial score (nSPS) is 11.9. The van der Waals surface area contributed by atoms with Crippen molar-refractivity contribution < 1.29 is 18.3 Å². The number of nitrogens with zero attached hydrogens (tertiary/aromatic N) is 1. The summed E-state index contributed by atoms with van der Waals surface area (Å²) in [5.41, 5.74) is 0.0315. The average Bonchev–Trinajstić information content (AvgIpc) is 2.98. The van der Waals surface area contributed by atoms with Gasteiger partial charge in [-0.3, -0.25) is 9.36 Å². The lowest BCUT2D eigenvalue weighted by molar-refractivity contribution is -0.137. The molecule has 142 valence electrons. The van der Waals surface area contributed by atoms with Crippen LogP contribution in [-0.2, 0) is 6.18 Å². The van der Waals surface area contributed by atoms with Crippen LogP contribution in [0.3, 0.4) is 0 Å². The molecule has 0 aliphatic heterocycles. The van der Waals surface area contributed by atoms with Crippen molar-refractivity contribution in [1.29, 1.82) is 0 Å². The van der Waals surface area contributed by atoms with Crippen molar-refractivity contribution in [2.75, 3.05) is 0 Å². The van der Waals surface area contributed by atoms with Gasteiger partial charge in [-0.25, -0.2) is 0 Å². The highest BCUT2D eigenvalue weighted by Gasteiger charge is 2.30. The van der Waals surface area contributed by atoms with Gasteiger partial charge in [0.15, 0.2) is 5.75 Å². The fourth-order valence-electron chi connectivity index (χ4n) is 3.14. The molecule has 0 aliphatic carbocycles. The Labute approximate surface area is 161 Å². The van der Waals surface area contributed by atoms with Gasteiger partial charge in [-0.1, -0.05) is 41.9 Å². The number of H-pyrrole nitrogens is 1. The van der Waals surface area contributed by atoms with Gasteiger partial charge >= 0.3 is 6.18 Å². The molecule has 0 atom stereocenters. The van der Waals surface area contributed by atoms with Gasteiger partial charge in [-0.2, -0.15) is 13.2 Å². The van der Waals surface area contributed by atoms with Crippen molar-refractivity contribution in [3.8, 4) is 22.6 Å². The van der Waals surface area contributed by atoms with Crippen LogP contribution in [0.2, 0.25) is 5.15 Å². The summed E-state index contributed by atoms with van der Waals surface area (Å²) in [5.74, 6) is -0.309. The topological polar surface area (TPSA) is 58.0 Å². The molecule has 0 aliphatic rings. The molecular formula is C20H12ClF3N2O2. The van der Waals surface area contributed by atoms with Crippen LogP contribution in [0.25, 0.3) is 27.8 Å². The molecule has 0 amide bonds. The van der Waals surface area contributed by atoms with Gasteiger partial charge in [0.1, 0.15) is 10.7 Å². The fraction of sp³-hybridized carbons (Fsp3) is 0.0500. The Morgan fingerprint density at radius 2 is 1.64 bits per heavy atom. The molecule has 2 heterocycles. The number of alkyl halides is 3. The fourth-order valence-corrected chi connectivity index (χ4v) is 3.43. The second kappa shape index (κ2) is 6.45. The summed E-state index contributed by atoms with van der Waals surface area (Å²) < 4.78 is 39.9. The Balaban J connectivity index is 1.98. The molecule has 2 aromatic carbocycles. The summed E-state index contributed by atoms with van der Waals surface area (Å²) >= 11 is 6.26. The standard InChI is InChI=1S/C20H12ClF3N2O2/c21-15-10-14-17(26(15)13-8-6-12(7-9-13)20(22,23)24)18(27)16(19(28)25-14)11-4-2-1-3-5-11/h1-10H,(H2,25,27,28). The van der Waals surface area contributed by atoms with Gasteiger partial charge in [0.25, 0.3) is 5.56 Å². The molecule has 4 nitrogen and oxygen atoms in total. The second-order valence-electron chi connectivity index (χ2n) is 6.15. The van der Waals surface area contributed by atoms with E-state index in [0.29, 0.717) is 11.3 Å². The maximum Gasteiger partial charge on any atom is 0.416 e. The quantitative estimate of drug-likeness (QED) is 0.472. The molecule has 4 aromatic rings. The van der Waals surface area contributed by atoms with E-state index in [9.17, 15) is 23.1 Å². The lowest BCUT2D eigenvalue weighted by Crippen LogP contribution is -2.10. The number of rotatable bonds is 2. The van der Waals surface area contributed by atoms with E-state index in [1.807, 2.05) is 0 Å². The van der Waals surface area contributed by atoms with Crippen molar-refractivity contribution >= 4 is 22.6 Å². The smallest absolute Gasteiger partial charge is 0.416 e. The summed E-state index contributed by atoms with van der Waals surface area (Å²) in [6.07, 6.45) is -4.46. The molecule has 0 unspecified atom stereocenters. The van der Waals surface area contributed by atoms with Crippen LogP contribution in [0.5, 0.6) is 5.75 Å². The Bertz CT molecular complexity index is 1230. The van der Waals surface area contributed by atoms with Crippen molar-refractivity contribution in [2.24, 2.45) is 0 Å². The summed E-state index contributed by atoms with van der Waals surface area (Å²) in [5, 5.41) is 11.0. The third-order valence-electron chi connectivity index (χ3n) is 4.41. The molecule has 4 rings (SSSR count). The van der Waals surface area contributed by atoms with E-state index in [1.165, 1.54) is 22.8 Å². The monoisotopic (exact) mass is 404 g/mol. The third-order valence-corrected chi connectivity index (χ3v) is 4.69. The van der Waals surface area contributed by atoms with Crippen LogP contribution < -0.4 is 5.56 Å². The number of hydrogen-bond acceptors (Lipinski definition) is 2. The lowest BCUT2D eigenvalue weighted by atomic mass is 10.1. The first-order valence-electron chi connectivity index (χ1n) is 8.16. The van der Waals surface area contributed by atoms with E-state index in [2.05, 4.69) is 4.98 Å². The molecule has 28 heavy (non-hydrogen) atoms. The summed E-state index contributed by atoms with van der Waals surface area (Å²) in [7, 11) is 0. The van der Waals surface area contributed by atoms with Crippen LogP contribution in [0.15, 0.2) is 65.5 Å². The van der Waals surface area contributed by atoms with Crippen LogP contribution in [0.1, 0.15) is 5.56 Å². The van der Waals surface area contributed by atoms with E-state index in [4.69, 9.17) is 11.6 Å². The van der Waals surface area contributed by atoms with Gasteiger partial charge in [-0.15, -0.1) is 0 Å². The van der Waals surface area contributed by atoms with Crippen LogP contribution in [0.4, 0.5) is 13.2 Å². The number of pyridine rings is 1. The molecule has 0 radical (unpaired) electrons. The summed E-state index contributed by atoms with van der Waals surface area (Å²) in [6.45, 7) is 0. The number of nitrogens with one attached hydrogen (secondary N) is 1. The Kier molecular flexibility index (Phi) is 4.19. The van der Waals surface area contributed by atoms with E-state index in [1.54, 1.807) is 30.3 Å². The van der Waals surface area contributed by atoms with Crippen LogP contribution in [0, 0.1) is 0 Å². The molecule has 0 fully saturated rings. The highest BCUT2D eigenvalue weighted by molar-refractivity contribution is 6.31. The minimum Gasteiger partial charge on any atom is -0.505 e. The predicted molar refractivity (Wildman–Crippen MR) is 101 cm³/mol. The SMILES string of the molecule is O=c1[nH]c2cc(Cl)n(-c3ccc(C(F)(F)F)cc3)c2c(O)c1-c1ccccc1. The minimum absolute atomic E-state index is 0.0519. The predicted octanol–water partition coefficient (Wildman–Crippen LogP) is 5.36. The van der Waals surface area contributed by atoms with E-state index in [-0.39, 0.29) is 27.5 Å². The number of aromatic nitrogens is 2. The number of halogens is 4. The Morgan fingerprint density at radius 1 is 1.00 bits per heavy atom. The zero-order valence-electron chi connectivity index (χ0n) is 14.1. The van der Waals surface area contributed by atoms with E-state index < -0.39 is 17.3 Å². The minimum atomic E-state index is -4.46. The molecule has 0 bridgehead atoms. The Morgan fingerprint density at radius 3 is 2.25 bits per heavy atom.